The molecule has 0 aliphatic rings. The molecule has 4 rings (SSSR count). The zero-order chi connectivity index (χ0) is 18.8. The highest BCUT2D eigenvalue weighted by molar-refractivity contribution is 5.66. The van der Waals surface area contributed by atoms with Crippen molar-refractivity contribution in [2.24, 2.45) is 0 Å². The predicted octanol–water partition coefficient (Wildman–Crippen LogP) is 3.47. The normalized spacial score (nSPS) is 10.9. The van der Waals surface area contributed by atoms with Crippen molar-refractivity contribution in [2.75, 3.05) is 7.11 Å². The molecular formula is C19H15F2N5O. The maximum Gasteiger partial charge on any atom is 0.173 e. The summed E-state index contributed by atoms with van der Waals surface area (Å²) < 4.78 is 36.9. The third kappa shape index (κ3) is 3.05. The van der Waals surface area contributed by atoms with Crippen LogP contribution in [-0.2, 0) is 6.54 Å². The van der Waals surface area contributed by atoms with Crippen molar-refractivity contribution in [1.29, 1.82) is 0 Å². The van der Waals surface area contributed by atoms with E-state index in [0.717, 1.165) is 17.3 Å². The first-order valence-electron chi connectivity index (χ1n) is 8.15. The van der Waals surface area contributed by atoms with Gasteiger partial charge in [-0.15, -0.1) is 0 Å². The Bertz CT molecular complexity index is 1080. The Hall–Kier alpha value is -3.55. The van der Waals surface area contributed by atoms with E-state index in [2.05, 4.69) is 15.1 Å². The first kappa shape index (κ1) is 16.9. The number of benzene rings is 2. The number of halogens is 2. The fourth-order valence-corrected chi connectivity index (χ4v) is 2.96. The van der Waals surface area contributed by atoms with E-state index in [9.17, 15) is 8.78 Å². The van der Waals surface area contributed by atoms with Crippen molar-refractivity contribution in [3.8, 4) is 22.8 Å². The smallest absolute Gasteiger partial charge is 0.173 e. The molecule has 0 unspecified atom stereocenters. The quantitative estimate of drug-likeness (QED) is 0.542. The van der Waals surface area contributed by atoms with E-state index in [4.69, 9.17) is 4.74 Å². The minimum atomic E-state index is -0.994. The van der Waals surface area contributed by atoms with Gasteiger partial charge in [0.05, 0.1) is 24.9 Å². The van der Waals surface area contributed by atoms with Crippen LogP contribution in [0.1, 0.15) is 5.56 Å². The van der Waals surface area contributed by atoms with E-state index >= 15 is 0 Å². The summed E-state index contributed by atoms with van der Waals surface area (Å²) in [6.45, 7) is 0.379. The Morgan fingerprint density at radius 2 is 1.96 bits per heavy atom. The van der Waals surface area contributed by atoms with Crippen LogP contribution < -0.4 is 4.74 Å². The molecule has 4 aromatic rings. The minimum absolute atomic E-state index is 0.0132. The highest BCUT2D eigenvalue weighted by Gasteiger charge is 2.21. The zero-order valence-corrected chi connectivity index (χ0v) is 14.4. The summed E-state index contributed by atoms with van der Waals surface area (Å²) in [5.74, 6) is -1.46. The van der Waals surface area contributed by atoms with Crippen molar-refractivity contribution in [3.05, 3.63) is 78.6 Å². The Morgan fingerprint density at radius 3 is 2.74 bits per heavy atom. The molecule has 0 aliphatic carbocycles. The third-order valence-corrected chi connectivity index (χ3v) is 4.21. The van der Waals surface area contributed by atoms with Crippen molar-refractivity contribution in [2.45, 2.75) is 6.54 Å². The number of nitrogens with zero attached hydrogens (tertiary/aromatic N) is 5. The van der Waals surface area contributed by atoms with E-state index in [0.29, 0.717) is 6.54 Å². The van der Waals surface area contributed by atoms with Gasteiger partial charge in [-0.2, -0.15) is 5.10 Å². The maximum atomic E-state index is 14.5. The molecule has 2 aromatic heterocycles. The van der Waals surface area contributed by atoms with Crippen LogP contribution in [0.2, 0.25) is 0 Å². The number of imidazole rings is 1. The molecular weight excluding hydrogens is 352 g/mol. The second-order valence-electron chi connectivity index (χ2n) is 5.79. The van der Waals surface area contributed by atoms with Crippen LogP contribution in [0.3, 0.4) is 0 Å². The van der Waals surface area contributed by atoms with Crippen LogP contribution in [0, 0.1) is 11.6 Å². The number of hydrogen-bond donors (Lipinski definition) is 0. The lowest BCUT2D eigenvalue weighted by Gasteiger charge is -2.14. The number of ether oxygens (including phenoxy) is 1. The number of rotatable bonds is 5. The summed E-state index contributed by atoms with van der Waals surface area (Å²) in [6.07, 6.45) is 6.30. The van der Waals surface area contributed by atoms with Crippen LogP contribution >= 0.6 is 0 Å². The molecule has 2 aromatic carbocycles. The molecule has 0 saturated carbocycles. The van der Waals surface area contributed by atoms with Crippen LogP contribution in [0.15, 0.2) is 61.4 Å². The van der Waals surface area contributed by atoms with Crippen molar-refractivity contribution in [1.82, 2.24) is 24.3 Å². The van der Waals surface area contributed by atoms with Gasteiger partial charge in [0, 0.05) is 12.4 Å². The molecule has 8 heteroatoms. The van der Waals surface area contributed by atoms with Gasteiger partial charge in [-0.3, -0.25) is 0 Å². The molecule has 0 aliphatic heterocycles. The van der Waals surface area contributed by atoms with Crippen molar-refractivity contribution in [3.63, 3.8) is 0 Å². The first-order valence-corrected chi connectivity index (χ1v) is 8.15. The molecule has 0 amide bonds. The van der Waals surface area contributed by atoms with Crippen LogP contribution in [0.25, 0.3) is 17.1 Å². The maximum absolute atomic E-state index is 14.5. The van der Waals surface area contributed by atoms with Gasteiger partial charge >= 0.3 is 0 Å². The number of para-hydroxylation sites is 1. The van der Waals surface area contributed by atoms with Crippen molar-refractivity contribution < 1.29 is 13.5 Å². The predicted molar refractivity (Wildman–Crippen MR) is 94.6 cm³/mol. The topological polar surface area (TPSA) is 57.8 Å². The SMILES string of the molecule is COc1ccc(F)c(F)c1-c1nccn1Cc1ccccc1-n1cncn1. The van der Waals surface area contributed by atoms with E-state index in [-0.39, 0.29) is 17.1 Å². The molecule has 0 fully saturated rings. The second-order valence-corrected chi connectivity index (χ2v) is 5.79. The minimum Gasteiger partial charge on any atom is -0.496 e. The lowest BCUT2D eigenvalue weighted by molar-refractivity contribution is 0.408. The average molecular weight is 367 g/mol. The van der Waals surface area contributed by atoms with E-state index in [1.54, 1.807) is 21.8 Å². The van der Waals surface area contributed by atoms with Crippen molar-refractivity contribution >= 4 is 0 Å². The van der Waals surface area contributed by atoms with Gasteiger partial charge in [0.2, 0.25) is 0 Å². The highest BCUT2D eigenvalue weighted by Crippen LogP contribution is 2.33. The zero-order valence-electron chi connectivity index (χ0n) is 14.4. The monoisotopic (exact) mass is 367 g/mol. The van der Waals surface area contributed by atoms with Gasteiger partial charge < -0.3 is 9.30 Å². The standard InChI is InChI=1S/C19H15F2N5O/c1-27-16-7-6-14(20)18(21)17(16)19-23-8-9-25(19)10-13-4-2-3-5-15(13)26-12-22-11-24-26/h2-9,11-12H,10H2,1H3. The Labute approximate surface area is 153 Å². The Morgan fingerprint density at radius 1 is 1.11 bits per heavy atom. The molecule has 0 N–H and O–H groups in total. The molecule has 0 radical (unpaired) electrons. The third-order valence-electron chi connectivity index (χ3n) is 4.21. The molecule has 0 saturated heterocycles. The Kier molecular flexibility index (Phi) is 4.37. The van der Waals surface area contributed by atoms with Gasteiger partial charge in [-0.1, -0.05) is 18.2 Å². The fraction of sp³-hybridized carbons (Fsp3) is 0.105. The molecule has 27 heavy (non-hydrogen) atoms. The van der Waals surface area contributed by atoms with E-state index in [1.165, 1.54) is 25.7 Å². The van der Waals surface area contributed by atoms with Crippen LogP contribution in [-0.4, -0.2) is 31.4 Å². The molecule has 0 bridgehead atoms. The summed E-state index contributed by atoms with van der Waals surface area (Å²) in [7, 11) is 1.41. The number of methoxy groups -OCH3 is 1. The van der Waals surface area contributed by atoms with Gasteiger partial charge in [-0.05, 0) is 23.8 Å². The summed E-state index contributed by atoms with van der Waals surface area (Å²) in [6, 6.07) is 10.0. The lowest BCUT2D eigenvalue weighted by Crippen LogP contribution is -2.08. The highest BCUT2D eigenvalue weighted by atomic mass is 19.2. The first-order chi connectivity index (χ1) is 13.2. The number of hydrogen-bond acceptors (Lipinski definition) is 4. The lowest BCUT2D eigenvalue weighted by atomic mass is 10.1. The second kappa shape index (κ2) is 6.99. The summed E-state index contributed by atoms with van der Waals surface area (Å²) in [5, 5.41) is 4.16. The van der Waals surface area contributed by atoms with Crippen LogP contribution in [0.4, 0.5) is 8.78 Å². The molecule has 0 atom stereocenters. The summed E-state index contributed by atoms with van der Waals surface area (Å²) in [4.78, 5) is 8.20. The Balaban J connectivity index is 1.79. The van der Waals surface area contributed by atoms with Gasteiger partial charge in [0.15, 0.2) is 11.6 Å². The van der Waals surface area contributed by atoms with Gasteiger partial charge in [0.1, 0.15) is 24.2 Å². The fourth-order valence-electron chi connectivity index (χ4n) is 2.96. The average Bonchev–Trinajstić information content (AvgIpc) is 3.36. The van der Waals surface area contributed by atoms with E-state index < -0.39 is 11.6 Å². The largest absolute Gasteiger partial charge is 0.496 e. The molecule has 136 valence electrons. The van der Waals surface area contributed by atoms with Gasteiger partial charge in [0.25, 0.3) is 0 Å². The van der Waals surface area contributed by atoms with Gasteiger partial charge in [-0.25, -0.2) is 23.4 Å². The van der Waals surface area contributed by atoms with Crippen LogP contribution in [0.5, 0.6) is 5.75 Å². The summed E-state index contributed by atoms with van der Waals surface area (Å²) >= 11 is 0. The number of aromatic nitrogens is 5. The summed E-state index contributed by atoms with van der Waals surface area (Å²) in [5.41, 5.74) is 1.74. The molecule has 0 spiro atoms. The van der Waals surface area contributed by atoms with E-state index in [1.807, 2.05) is 24.3 Å². The molecule has 2 heterocycles. The molecule has 6 nitrogen and oxygen atoms in total.